The van der Waals surface area contributed by atoms with Crippen molar-refractivity contribution in [3.63, 3.8) is 0 Å². The van der Waals surface area contributed by atoms with Gasteiger partial charge in [0.25, 0.3) is 0 Å². The van der Waals surface area contributed by atoms with Crippen molar-refractivity contribution in [2.45, 2.75) is 44.9 Å². The van der Waals surface area contributed by atoms with E-state index >= 15 is 0 Å². The molecule has 6 nitrogen and oxygen atoms in total. The van der Waals surface area contributed by atoms with Gasteiger partial charge >= 0.3 is 12.1 Å². The Bertz CT molecular complexity index is 309. The maximum absolute atomic E-state index is 11.5. The second kappa shape index (κ2) is 4.91. The normalized spacial score (nSPS) is 27.9. The number of aliphatic hydroxyl groups is 1. The van der Waals surface area contributed by atoms with Crippen molar-refractivity contribution < 1.29 is 24.2 Å². The Morgan fingerprint density at radius 3 is 2.35 bits per heavy atom. The number of hydrogen-bond acceptors (Lipinski definition) is 5. The summed E-state index contributed by atoms with van der Waals surface area (Å²) in [6.45, 7) is 5.21. The average molecular weight is 245 g/mol. The number of carbonyl (C=O) groups is 2. The molecule has 1 aliphatic rings. The van der Waals surface area contributed by atoms with Crippen molar-refractivity contribution in [3.8, 4) is 0 Å². The first-order chi connectivity index (χ1) is 7.74. The summed E-state index contributed by atoms with van der Waals surface area (Å²) in [5.41, 5.74) is -0.612. The molecule has 1 aliphatic carbocycles. The molecule has 0 spiro atoms. The van der Waals surface area contributed by atoms with E-state index in [1.54, 1.807) is 20.8 Å². The fourth-order valence-electron chi connectivity index (χ4n) is 1.66. The van der Waals surface area contributed by atoms with Crippen molar-refractivity contribution in [2.75, 3.05) is 7.11 Å². The molecule has 0 saturated heterocycles. The van der Waals surface area contributed by atoms with Crippen molar-refractivity contribution in [1.82, 2.24) is 5.32 Å². The van der Waals surface area contributed by atoms with Gasteiger partial charge in [0.2, 0.25) is 0 Å². The van der Waals surface area contributed by atoms with E-state index in [4.69, 9.17) is 4.74 Å². The summed E-state index contributed by atoms with van der Waals surface area (Å²) in [5, 5.41) is 12.0. The second-order valence-corrected chi connectivity index (χ2v) is 5.10. The van der Waals surface area contributed by atoms with Crippen molar-refractivity contribution in [3.05, 3.63) is 0 Å². The van der Waals surface area contributed by atoms with Crippen LogP contribution in [0.2, 0.25) is 0 Å². The van der Waals surface area contributed by atoms with Gasteiger partial charge in [0.1, 0.15) is 5.60 Å². The number of rotatable bonds is 2. The number of alkyl carbamates (subject to hydrolysis) is 1. The van der Waals surface area contributed by atoms with Crippen LogP contribution < -0.4 is 5.32 Å². The van der Waals surface area contributed by atoms with Gasteiger partial charge in [0.05, 0.1) is 25.2 Å². The minimum Gasteiger partial charge on any atom is -0.469 e. The van der Waals surface area contributed by atoms with E-state index in [-0.39, 0.29) is 0 Å². The van der Waals surface area contributed by atoms with E-state index in [0.29, 0.717) is 6.42 Å². The van der Waals surface area contributed by atoms with Crippen LogP contribution in [0.15, 0.2) is 0 Å². The molecule has 0 aromatic rings. The summed E-state index contributed by atoms with van der Waals surface area (Å²) in [4.78, 5) is 22.8. The highest BCUT2D eigenvalue weighted by atomic mass is 16.6. The van der Waals surface area contributed by atoms with Crippen molar-refractivity contribution in [2.24, 2.45) is 5.92 Å². The molecular weight excluding hydrogens is 226 g/mol. The van der Waals surface area contributed by atoms with E-state index in [2.05, 4.69) is 10.1 Å². The van der Waals surface area contributed by atoms with E-state index in [0.717, 1.165) is 0 Å². The Balaban J connectivity index is 2.50. The number of methoxy groups -OCH3 is 1. The molecule has 1 rings (SSSR count). The van der Waals surface area contributed by atoms with Gasteiger partial charge in [-0.3, -0.25) is 4.79 Å². The second-order valence-electron chi connectivity index (χ2n) is 5.10. The largest absolute Gasteiger partial charge is 0.469 e. The van der Waals surface area contributed by atoms with Gasteiger partial charge in [-0.1, -0.05) is 0 Å². The molecule has 6 heteroatoms. The third kappa shape index (κ3) is 3.59. The Morgan fingerprint density at radius 2 is 1.94 bits per heavy atom. The molecule has 1 saturated carbocycles. The Kier molecular flexibility index (Phi) is 3.98. The molecule has 0 aliphatic heterocycles. The van der Waals surface area contributed by atoms with Gasteiger partial charge in [-0.15, -0.1) is 0 Å². The molecule has 3 atom stereocenters. The van der Waals surface area contributed by atoms with Crippen molar-refractivity contribution >= 4 is 12.1 Å². The van der Waals surface area contributed by atoms with Gasteiger partial charge in [-0.2, -0.15) is 0 Å². The van der Waals surface area contributed by atoms with E-state index in [1.807, 2.05) is 0 Å². The quantitative estimate of drug-likeness (QED) is 0.689. The average Bonchev–Trinajstić information content (AvgIpc) is 2.19. The zero-order valence-electron chi connectivity index (χ0n) is 10.5. The van der Waals surface area contributed by atoms with Crippen LogP contribution in [-0.4, -0.2) is 42.0 Å². The third-order valence-corrected chi connectivity index (χ3v) is 2.53. The minimum absolute atomic E-state index is 0.299. The molecule has 0 aromatic heterocycles. The summed E-state index contributed by atoms with van der Waals surface area (Å²) in [7, 11) is 1.28. The monoisotopic (exact) mass is 245 g/mol. The fraction of sp³-hybridized carbons (Fsp3) is 0.818. The van der Waals surface area contributed by atoms with E-state index in [9.17, 15) is 14.7 Å². The van der Waals surface area contributed by atoms with E-state index < -0.39 is 35.7 Å². The van der Waals surface area contributed by atoms with Crippen LogP contribution in [0.3, 0.4) is 0 Å². The zero-order valence-corrected chi connectivity index (χ0v) is 10.5. The molecule has 2 N–H and O–H groups in total. The predicted molar refractivity (Wildman–Crippen MR) is 59.3 cm³/mol. The zero-order chi connectivity index (χ0) is 13.2. The summed E-state index contributed by atoms with van der Waals surface area (Å²) in [6.07, 6.45) is -1.07. The molecule has 0 radical (unpaired) electrons. The maximum Gasteiger partial charge on any atom is 0.407 e. The molecule has 1 fully saturated rings. The number of aliphatic hydroxyl groups excluding tert-OH is 1. The summed E-state index contributed by atoms with van der Waals surface area (Å²) in [5.74, 6) is -0.932. The fourth-order valence-corrected chi connectivity index (χ4v) is 1.66. The lowest BCUT2D eigenvalue weighted by Crippen LogP contribution is -2.60. The van der Waals surface area contributed by atoms with Gasteiger partial charge in [0, 0.05) is 0 Å². The van der Waals surface area contributed by atoms with Crippen LogP contribution in [0.4, 0.5) is 4.79 Å². The number of esters is 1. The third-order valence-electron chi connectivity index (χ3n) is 2.53. The van der Waals surface area contributed by atoms with Gasteiger partial charge in [-0.05, 0) is 27.2 Å². The van der Waals surface area contributed by atoms with Gasteiger partial charge in [-0.25, -0.2) is 4.79 Å². The molecule has 0 aromatic carbocycles. The first-order valence-electron chi connectivity index (χ1n) is 5.50. The lowest BCUT2D eigenvalue weighted by atomic mass is 9.77. The van der Waals surface area contributed by atoms with E-state index in [1.165, 1.54) is 7.11 Å². The number of ether oxygens (including phenoxy) is 2. The van der Waals surface area contributed by atoms with Crippen molar-refractivity contribution in [1.29, 1.82) is 0 Å². The topological polar surface area (TPSA) is 84.9 Å². The smallest absolute Gasteiger partial charge is 0.407 e. The van der Waals surface area contributed by atoms with Crippen LogP contribution in [0.5, 0.6) is 0 Å². The molecule has 0 bridgehead atoms. The Labute approximate surface area is 100 Å². The molecule has 0 heterocycles. The number of carbonyl (C=O) groups excluding carboxylic acids is 2. The summed E-state index contributed by atoms with van der Waals surface area (Å²) < 4.78 is 9.61. The highest BCUT2D eigenvalue weighted by Gasteiger charge is 2.46. The van der Waals surface area contributed by atoms with Crippen LogP contribution in [0.1, 0.15) is 27.2 Å². The molecule has 98 valence electrons. The number of hydrogen-bond donors (Lipinski definition) is 2. The first kappa shape index (κ1) is 13.8. The number of nitrogens with one attached hydrogen (secondary N) is 1. The van der Waals surface area contributed by atoms with Gasteiger partial charge < -0.3 is 19.9 Å². The lowest BCUT2D eigenvalue weighted by molar-refractivity contribution is -0.155. The Morgan fingerprint density at radius 1 is 1.35 bits per heavy atom. The van der Waals surface area contributed by atoms with Crippen LogP contribution in [0, 0.1) is 5.92 Å². The summed E-state index contributed by atoms with van der Waals surface area (Å²) >= 11 is 0. The molecule has 17 heavy (non-hydrogen) atoms. The Hall–Kier alpha value is -1.30. The standard InChI is InChI=1S/C11H19NO5/c1-11(2,3)17-10(15)12-8-6(5-7(8)13)9(14)16-4/h6-8,13H,5H2,1-4H3,(H,12,15). The van der Waals surface area contributed by atoms with Crippen LogP contribution in [-0.2, 0) is 14.3 Å². The SMILES string of the molecule is COC(=O)C1CC(O)C1NC(=O)OC(C)(C)C. The maximum atomic E-state index is 11.5. The minimum atomic E-state index is -0.730. The molecule has 3 unspecified atom stereocenters. The van der Waals surface area contributed by atoms with Crippen LogP contribution >= 0.6 is 0 Å². The summed E-state index contributed by atoms with van der Waals surface area (Å²) in [6, 6.07) is -0.628. The molecular formula is C11H19NO5. The molecule has 1 amide bonds. The predicted octanol–water partition coefficient (Wildman–Crippen LogP) is 0.433. The van der Waals surface area contributed by atoms with Crippen LogP contribution in [0.25, 0.3) is 0 Å². The highest BCUT2D eigenvalue weighted by molar-refractivity contribution is 5.77. The first-order valence-corrected chi connectivity index (χ1v) is 5.50. The van der Waals surface area contributed by atoms with Gasteiger partial charge in [0.15, 0.2) is 0 Å². The number of amides is 1. The lowest BCUT2D eigenvalue weighted by Gasteiger charge is -2.39. The highest BCUT2D eigenvalue weighted by Crippen LogP contribution is 2.29.